The lowest BCUT2D eigenvalue weighted by Gasteiger charge is -2.41. The number of hydrogen-bond donors (Lipinski definition) is 0. The van der Waals surface area contributed by atoms with Gasteiger partial charge in [-0.05, 0) is 45.2 Å². The highest BCUT2D eigenvalue weighted by Gasteiger charge is 2.85. The zero-order chi connectivity index (χ0) is 13.2. The van der Waals surface area contributed by atoms with E-state index in [1.165, 1.54) is 0 Å². The minimum absolute atomic E-state index is 0.521. The molecule has 0 aromatic rings. The van der Waals surface area contributed by atoms with E-state index >= 15 is 0 Å². The zero-order valence-electron chi connectivity index (χ0n) is 6.78. The van der Waals surface area contributed by atoms with Crippen LogP contribution < -0.4 is 0 Å². The van der Waals surface area contributed by atoms with Gasteiger partial charge in [0.1, 0.15) is 0 Å². The average molecular weight is 478 g/mol. The van der Waals surface area contributed by atoms with Crippen LogP contribution in [-0.4, -0.2) is 23.7 Å². The first-order valence-corrected chi connectivity index (χ1v) is 5.55. The molecule has 0 aromatic carbocycles. The van der Waals surface area contributed by atoms with Gasteiger partial charge in [0, 0.05) is 0 Å². The molecule has 0 heterocycles. The first-order valence-electron chi connectivity index (χ1n) is 3.39. The van der Waals surface area contributed by atoms with E-state index < -0.39 is 30.8 Å². The fourth-order valence-corrected chi connectivity index (χ4v) is 2.30. The van der Waals surface area contributed by atoms with Crippen LogP contribution in [0.5, 0.6) is 0 Å². The molecule has 0 aromatic heterocycles. The lowest BCUT2D eigenvalue weighted by atomic mass is 9.92. The molecule has 0 atom stereocenters. The van der Waals surface area contributed by atoms with Gasteiger partial charge in [-0.3, -0.25) is 0 Å². The SMILES string of the molecule is FC1(F)C(I)=C(I)C(F)(F)C(F)(F)C1(F)F. The number of alkyl halides is 8. The van der Waals surface area contributed by atoms with Gasteiger partial charge in [0.15, 0.2) is 0 Å². The van der Waals surface area contributed by atoms with Crippen LogP contribution in [-0.2, 0) is 0 Å². The second-order valence-electron chi connectivity index (χ2n) is 2.93. The standard InChI is InChI=1S/C6F8I2/c7-3(8)1(15)2(16)4(9,10)6(13,14)5(3,11)12. The van der Waals surface area contributed by atoms with Gasteiger partial charge in [0.05, 0.1) is 7.16 Å². The Morgan fingerprint density at radius 1 is 0.562 bits per heavy atom. The molecule has 16 heavy (non-hydrogen) atoms. The van der Waals surface area contributed by atoms with Crippen LogP contribution in [0.2, 0.25) is 0 Å². The number of rotatable bonds is 0. The number of allylic oxidation sites excluding steroid dienone is 2. The normalized spacial score (nSPS) is 30.4. The molecule has 0 aliphatic heterocycles. The fourth-order valence-electron chi connectivity index (χ4n) is 0.946. The van der Waals surface area contributed by atoms with E-state index in [0.29, 0.717) is 45.2 Å². The smallest absolute Gasteiger partial charge is 0.193 e. The Morgan fingerprint density at radius 3 is 0.938 bits per heavy atom. The lowest BCUT2D eigenvalue weighted by Crippen LogP contribution is -2.65. The molecule has 0 N–H and O–H groups in total. The summed E-state index contributed by atoms with van der Waals surface area (Å²) >= 11 is 1.04. The molecule has 0 amide bonds. The number of hydrogen-bond acceptors (Lipinski definition) is 0. The highest BCUT2D eigenvalue weighted by atomic mass is 127. The van der Waals surface area contributed by atoms with Crippen molar-refractivity contribution in [2.24, 2.45) is 0 Å². The molecular formula is C6F8I2. The second-order valence-corrected chi connectivity index (χ2v) is 5.08. The number of halogens is 10. The zero-order valence-corrected chi connectivity index (χ0v) is 11.1. The third-order valence-corrected chi connectivity index (χ3v) is 5.39. The van der Waals surface area contributed by atoms with Crippen molar-refractivity contribution in [3.8, 4) is 0 Å². The van der Waals surface area contributed by atoms with Crippen molar-refractivity contribution in [2.45, 2.75) is 23.7 Å². The molecule has 10 heteroatoms. The minimum Gasteiger partial charge on any atom is -0.193 e. The van der Waals surface area contributed by atoms with E-state index in [9.17, 15) is 35.1 Å². The van der Waals surface area contributed by atoms with Crippen LogP contribution >= 0.6 is 45.2 Å². The highest BCUT2D eigenvalue weighted by molar-refractivity contribution is 14.1. The summed E-state index contributed by atoms with van der Waals surface area (Å²) in [6, 6.07) is 0. The molecular weight excluding hydrogens is 478 g/mol. The summed E-state index contributed by atoms with van der Waals surface area (Å²) in [6.45, 7) is 0. The summed E-state index contributed by atoms with van der Waals surface area (Å²) in [4.78, 5) is 0. The molecule has 1 rings (SSSR count). The Labute approximate surface area is 111 Å². The topological polar surface area (TPSA) is 0 Å². The van der Waals surface area contributed by atoms with Crippen molar-refractivity contribution in [1.82, 2.24) is 0 Å². The van der Waals surface area contributed by atoms with Crippen molar-refractivity contribution >= 4 is 45.2 Å². The molecule has 0 bridgehead atoms. The van der Waals surface area contributed by atoms with Gasteiger partial charge in [0.2, 0.25) is 0 Å². The molecule has 0 fully saturated rings. The van der Waals surface area contributed by atoms with Gasteiger partial charge < -0.3 is 0 Å². The molecule has 0 saturated heterocycles. The van der Waals surface area contributed by atoms with Crippen LogP contribution in [0.3, 0.4) is 0 Å². The average Bonchev–Trinajstić information content (AvgIpc) is 2.12. The monoisotopic (exact) mass is 478 g/mol. The quantitative estimate of drug-likeness (QED) is 0.353. The van der Waals surface area contributed by atoms with E-state index in [1.807, 2.05) is 0 Å². The molecule has 94 valence electrons. The van der Waals surface area contributed by atoms with Gasteiger partial charge in [-0.15, -0.1) is 0 Å². The Hall–Kier alpha value is 0.640. The maximum absolute atomic E-state index is 12.8. The maximum Gasteiger partial charge on any atom is 0.383 e. The molecule has 1 aliphatic carbocycles. The van der Waals surface area contributed by atoms with E-state index in [-0.39, 0.29) is 0 Å². The van der Waals surface area contributed by atoms with Crippen LogP contribution in [0.25, 0.3) is 0 Å². The van der Waals surface area contributed by atoms with E-state index in [2.05, 4.69) is 0 Å². The van der Waals surface area contributed by atoms with Crippen LogP contribution in [0, 0.1) is 0 Å². The van der Waals surface area contributed by atoms with Gasteiger partial charge in [-0.1, -0.05) is 0 Å². The summed E-state index contributed by atoms with van der Waals surface area (Å²) in [7, 11) is 0. The first kappa shape index (κ1) is 14.7. The van der Waals surface area contributed by atoms with Crippen LogP contribution in [0.15, 0.2) is 7.16 Å². The van der Waals surface area contributed by atoms with E-state index in [1.54, 1.807) is 0 Å². The largest absolute Gasteiger partial charge is 0.383 e. The maximum atomic E-state index is 12.8. The van der Waals surface area contributed by atoms with Gasteiger partial charge in [-0.25, -0.2) is 0 Å². The molecule has 0 saturated carbocycles. The van der Waals surface area contributed by atoms with Crippen LogP contribution in [0.4, 0.5) is 35.1 Å². The summed E-state index contributed by atoms with van der Waals surface area (Å²) in [5.74, 6) is -22.9. The molecule has 0 radical (unpaired) electrons. The first-order chi connectivity index (χ1) is 6.82. The van der Waals surface area contributed by atoms with Crippen molar-refractivity contribution in [3.05, 3.63) is 7.16 Å². The van der Waals surface area contributed by atoms with Crippen molar-refractivity contribution in [2.75, 3.05) is 0 Å². The Balaban J connectivity index is 3.64. The van der Waals surface area contributed by atoms with Gasteiger partial charge in [-0.2, -0.15) is 35.1 Å². The molecule has 0 spiro atoms. The van der Waals surface area contributed by atoms with E-state index in [4.69, 9.17) is 0 Å². The van der Waals surface area contributed by atoms with Crippen molar-refractivity contribution in [3.63, 3.8) is 0 Å². The van der Waals surface area contributed by atoms with Crippen molar-refractivity contribution < 1.29 is 35.1 Å². The van der Waals surface area contributed by atoms with E-state index in [0.717, 1.165) is 0 Å². The molecule has 0 nitrogen and oxygen atoms in total. The Bertz CT molecular complexity index is 324. The third-order valence-electron chi connectivity index (χ3n) is 1.93. The lowest BCUT2D eigenvalue weighted by molar-refractivity contribution is -0.353. The fraction of sp³-hybridized carbons (Fsp3) is 0.667. The van der Waals surface area contributed by atoms with Gasteiger partial charge >= 0.3 is 23.7 Å². The summed E-state index contributed by atoms with van der Waals surface area (Å²) < 4.78 is 98.4. The Morgan fingerprint density at radius 2 is 0.750 bits per heavy atom. The predicted molar refractivity (Wildman–Crippen MR) is 54.9 cm³/mol. The molecule has 1 aliphatic rings. The Kier molecular flexibility index (Phi) is 3.28. The van der Waals surface area contributed by atoms with Crippen molar-refractivity contribution in [1.29, 1.82) is 0 Å². The highest BCUT2D eigenvalue weighted by Crippen LogP contribution is 2.64. The second kappa shape index (κ2) is 3.57. The predicted octanol–water partition coefficient (Wildman–Crippen LogP) is 4.62. The minimum atomic E-state index is -6.13. The summed E-state index contributed by atoms with van der Waals surface area (Å²) in [5, 5.41) is 0. The van der Waals surface area contributed by atoms with Gasteiger partial charge in [0.25, 0.3) is 0 Å². The summed E-state index contributed by atoms with van der Waals surface area (Å²) in [6.07, 6.45) is 0. The summed E-state index contributed by atoms with van der Waals surface area (Å²) in [5.41, 5.74) is 0. The third kappa shape index (κ3) is 1.43. The van der Waals surface area contributed by atoms with Crippen LogP contribution in [0.1, 0.15) is 0 Å². The molecule has 0 unspecified atom stereocenters.